The van der Waals surface area contributed by atoms with Gasteiger partial charge in [0.1, 0.15) is 0 Å². The molecule has 1 saturated heterocycles. The minimum atomic E-state index is 0.645. The van der Waals surface area contributed by atoms with Crippen LogP contribution in [0.3, 0.4) is 0 Å². The molecular formula is C19H22BrClN2O3. The maximum absolute atomic E-state index is 6.49. The van der Waals surface area contributed by atoms with Gasteiger partial charge < -0.3 is 24.4 Å². The highest BCUT2D eigenvalue weighted by molar-refractivity contribution is 9.10. The number of benzene rings is 2. The second-order valence-electron chi connectivity index (χ2n) is 5.93. The number of nitrogens with one attached hydrogen (secondary N) is 1. The Labute approximate surface area is 167 Å². The van der Waals surface area contributed by atoms with Crippen LogP contribution in [0.4, 0.5) is 11.4 Å². The minimum Gasteiger partial charge on any atom is -0.493 e. The van der Waals surface area contributed by atoms with Gasteiger partial charge in [-0.05, 0) is 51.8 Å². The lowest BCUT2D eigenvalue weighted by molar-refractivity contribution is 0.122. The van der Waals surface area contributed by atoms with E-state index in [1.807, 2.05) is 24.3 Å². The van der Waals surface area contributed by atoms with Crippen molar-refractivity contribution in [1.29, 1.82) is 0 Å². The largest absolute Gasteiger partial charge is 0.493 e. The first-order chi connectivity index (χ1) is 12.6. The van der Waals surface area contributed by atoms with Crippen LogP contribution in [0.5, 0.6) is 11.5 Å². The van der Waals surface area contributed by atoms with Crippen LogP contribution in [0.2, 0.25) is 5.02 Å². The summed E-state index contributed by atoms with van der Waals surface area (Å²) in [6.45, 7) is 3.86. The zero-order valence-electron chi connectivity index (χ0n) is 14.9. The van der Waals surface area contributed by atoms with Crippen LogP contribution in [0.1, 0.15) is 5.56 Å². The Morgan fingerprint density at radius 1 is 1.15 bits per heavy atom. The van der Waals surface area contributed by atoms with Gasteiger partial charge in [-0.2, -0.15) is 0 Å². The average Bonchev–Trinajstić information content (AvgIpc) is 2.66. The van der Waals surface area contributed by atoms with Crippen LogP contribution >= 0.6 is 27.5 Å². The molecule has 0 atom stereocenters. The quantitative estimate of drug-likeness (QED) is 0.711. The summed E-state index contributed by atoms with van der Waals surface area (Å²) in [4.78, 5) is 2.25. The first-order valence-electron chi connectivity index (χ1n) is 8.39. The number of anilines is 2. The molecule has 1 N–H and O–H groups in total. The summed E-state index contributed by atoms with van der Waals surface area (Å²) in [7, 11) is 3.25. The fraction of sp³-hybridized carbons (Fsp3) is 0.368. The number of rotatable bonds is 6. The minimum absolute atomic E-state index is 0.645. The Bertz CT molecular complexity index is 767. The smallest absolute Gasteiger partial charge is 0.174 e. The molecule has 1 aliphatic heterocycles. The van der Waals surface area contributed by atoms with Gasteiger partial charge in [-0.15, -0.1) is 0 Å². The number of halogens is 2. The maximum Gasteiger partial charge on any atom is 0.174 e. The molecule has 0 aliphatic carbocycles. The lowest BCUT2D eigenvalue weighted by atomic mass is 10.2. The predicted molar refractivity (Wildman–Crippen MR) is 109 cm³/mol. The molecule has 3 rings (SSSR count). The lowest BCUT2D eigenvalue weighted by Crippen LogP contribution is -2.36. The van der Waals surface area contributed by atoms with Gasteiger partial charge >= 0.3 is 0 Å². The third-order valence-electron chi connectivity index (χ3n) is 4.29. The second kappa shape index (κ2) is 8.84. The highest BCUT2D eigenvalue weighted by Gasteiger charge is 2.15. The highest BCUT2D eigenvalue weighted by Crippen LogP contribution is 2.36. The van der Waals surface area contributed by atoms with Crippen molar-refractivity contribution in [1.82, 2.24) is 0 Å². The number of hydrogen-bond donors (Lipinski definition) is 1. The molecule has 0 radical (unpaired) electrons. The second-order valence-corrected chi connectivity index (χ2v) is 7.19. The summed E-state index contributed by atoms with van der Waals surface area (Å²) >= 11 is 10.0. The van der Waals surface area contributed by atoms with Crippen LogP contribution in [0.15, 0.2) is 34.8 Å². The topological polar surface area (TPSA) is 43.0 Å². The normalized spacial score (nSPS) is 14.2. The Kier molecular flexibility index (Phi) is 6.51. The van der Waals surface area contributed by atoms with E-state index in [9.17, 15) is 0 Å². The Hall–Kier alpha value is -1.63. The molecule has 26 heavy (non-hydrogen) atoms. The molecule has 140 valence electrons. The van der Waals surface area contributed by atoms with E-state index in [1.54, 1.807) is 14.2 Å². The van der Waals surface area contributed by atoms with E-state index in [2.05, 4.69) is 32.2 Å². The molecule has 1 fully saturated rings. The summed E-state index contributed by atoms with van der Waals surface area (Å²) in [6.07, 6.45) is 0. The van der Waals surface area contributed by atoms with Crippen LogP contribution in [-0.4, -0.2) is 40.5 Å². The summed E-state index contributed by atoms with van der Waals surface area (Å²) < 4.78 is 17.0. The number of hydrogen-bond acceptors (Lipinski definition) is 5. The van der Waals surface area contributed by atoms with E-state index in [1.165, 1.54) is 0 Å². The third kappa shape index (κ3) is 4.37. The van der Waals surface area contributed by atoms with Gasteiger partial charge in [-0.3, -0.25) is 0 Å². The van der Waals surface area contributed by atoms with Gasteiger partial charge in [0.05, 0.1) is 42.6 Å². The van der Waals surface area contributed by atoms with Gasteiger partial charge in [0, 0.05) is 25.3 Å². The molecule has 0 aromatic heterocycles. The van der Waals surface area contributed by atoms with Crippen molar-refractivity contribution in [2.45, 2.75) is 6.54 Å². The van der Waals surface area contributed by atoms with Gasteiger partial charge in [0.2, 0.25) is 0 Å². The van der Waals surface area contributed by atoms with E-state index in [0.29, 0.717) is 18.0 Å². The van der Waals surface area contributed by atoms with Crippen molar-refractivity contribution < 1.29 is 14.2 Å². The van der Waals surface area contributed by atoms with Crippen molar-refractivity contribution in [2.24, 2.45) is 0 Å². The van der Waals surface area contributed by atoms with Crippen LogP contribution in [-0.2, 0) is 11.3 Å². The van der Waals surface area contributed by atoms with E-state index in [-0.39, 0.29) is 0 Å². The molecule has 2 aromatic carbocycles. The summed E-state index contributed by atoms with van der Waals surface area (Å²) in [5.41, 5.74) is 3.09. The van der Waals surface area contributed by atoms with Gasteiger partial charge in [-0.25, -0.2) is 0 Å². The Balaban J connectivity index is 1.70. The molecule has 7 heteroatoms. The molecule has 5 nitrogen and oxygen atoms in total. The molecule has 0 unspecified atom stereocenters. The first kappa shape index (κ1) is 19.1. The standard InChI is InChI=1S/C19H22BrClN2O3/c1-24-18-10-13(9-15(20)19(18)25-2)12-22-14-3-4-17(16(21)11-14)23-5-7-26-8-6-23/h3-4,9-11,22H,5-8,12H2,1-2H3. The molecule has 0 saturated carbocycles. The van der Waals surface area contributed by atoms with E-state index >= 15 is 0 Å². The Morgan fingerprint density at radius 3 is 2.58 bits per heavy atom. The zero-order chi connectivity index (χ0) is 18.5. The summed E-state index contributed by atoms with van der Waals surface area (Å²) in [5.74, 6) is 1.38. The number of nitrogens with zero attached hydrogens (tertiary/aromatic N) is 1. The first-order valence-corrected chi connectivity index (χ1v) is 9.56. The predicted octanol–water partition coefficient (Wildman–Crippen LogP) is 4.57. The molecule has 2 aromatic rings. The zero-order valence-corrected chi connectivity index (χ0v) is 17.2. The molecule has 1 aliphatic rings. The molecular weight excluding hydrogens is 420 g/mol. The van der Waals surface area contributed by atoms with Crippen LogP contribution in [0, 0.1) is 0 Å². The van der Waals surface area contributed by atoms with Crippen molar-refractivity contribution in [3.63, 3.8) is 0 Å². The van der Waals surface area contributed by atoms with Crippen molar-refractivity contribution >= 4 is 38.9 Å². The average molecular weight is 442 g/mol. The number of methoxy groups -OCH3 is 2. The number of morpholine rings is 1. The van der Waals surface area contributed by atoms with E-state index < -0.39 is 0 Å². The van der Waals surface area contributed by atoms with Crippen molar-refractivity contribution in [3.8, 4) is 11.5 Å². The van der Waals surface area contributed by atoms with Gasteiger partial charge in [0.15, 0.2) is 11.5 Å². The maximum atomic E-state index is 6.49. The Morgan fingerprint density at radius 2 is 1.92 bits per heavy atom. The molecule has 0 bridgehead atoms. The lowest BCUT2D eigenvalue weighted by Gasteiger charge is -2.29. The van der Waals surface area contributed by atoms with Crippen molar-refractivity contribution in [2.75, 3.05) is 50.7 Å². The SMILES string of the molecule is COc1cc(CNc2ccc(N3CCOCC3)c(Cl)c2)cc(Br)c1OC. The van der Waals surface area contributed by atoms with Crippen LogP contribution in [0.25, 0.3) is 0 Å². The van der Waals surface area contributed by atoms with Crippen LogP contribution < -0.4 is 19.7 Å². The summed E-state index contributed by atoms with van der Waals surface area (Å²) in [5, 5.41) is 4.14. The fourth-order valence-electron chi connectivity index (χ4n) is 2.96. The fourth-order valence-corrected chi connectivity index (χ4v) is 3.91. The third-order valence-corrected chi connectivity index (χ3v) is 5.18. The highest BCUT2D eigenvalue weighted by atomic mass is 79.9. The van der Waals surface area contributed by atoms with Crippen molar-refractivity contribution in [3.05, 3.63) is 45.4 Å². The summed E-state index contributed by atoms with van der Waals surface area (Å²) in [6, 6.07) is 10.0. The molecule has 0 amide bonds. The van der Waals surface area contributed by atoms with E-state index in [0.717, 1.165) is 52.7 Å². The monoisotopic (exact) mass is 440 g/mol. The van der Waals surface area contributed by atoms with Gasteiger partial charge in [0.25, 0.3) is 0 Å². The van der Waals surface area contributed by atoms with E-state index in [4.69, 9.17) is 25.8 Å². The van der Waals surface area contributed by atoms with Gasteiger partial charge in [-0.1, -0.05) is 11.6 Å². The molecule has 0 spiro atoms. The number of ether oxygens (including phenoxy) is 3. The molecule has 1 heterocycles.